The van der Waals surface area contributed by atoms with Gasteiger partial charge in [-0.1, -0.05) is 19.1 Å². The topological polar surface area (TPSA) is 84.5 Å². The van der Waals surface area contributed by atoms with Crippen molar-refractivity contribution in [2.45, 2.75) is 25.2 Å². The van der Waals surface area contributed by atoms with E-state index in [0.717, 1.165) is 0 Å². The molecule has 26 heavy (non-hydrogen) atoms. The summed E-state index contributed by atoms with van der Waals surface area (Å²) in [6, 6.07) is 9.67. The highest BCUT2D eigenvalue weighted by atomic mass is 32.2. The lowest BCUT2D eigenvalue weighted by molar-refractivity contribution is 0.102. The van der Waals surface area contributed by atoms with Crippen LogP contribution in [0.25, 0.3) is 0 Å². The smallest absolute Gasteiger partial charge is 0.258 e. The molecule has 0 unspecified atom stereocenters. The Morgan fingerprint density at radius 3 is 2.54 bits per heavy atom. The number of benzene rings is 2. The summed E-state index contributed by atoms with van der Waals surface area (Å²) in [4.78, 5) is 12.3. The molecule has 140 valence electrons. The largest absolute Gasteiger partial charge is 0.492 e. The lowest BCUT2D eigenvalue weighted by atomic mass is 10.2. The molecule has 0 saturated heterocycles. The van der Waals surface area contributed by atoms with E-state index in [1.807, 2.05) is 6.92 Å². The fraction of sp³-hybridized carbons (Fsp3) is 0.278. The summed E-state index contributed by atoms with van der Waals surface area (Å²) in [6.45, 7) is 4.23. The van der Waals surface area contributed by atoms with Crippen molar-refractivity contribution >= 4 is 21.6 Å². The van der Waals surface area contributed by atoms with Gasteiger partial charge in [0.15, 0.2) is 0 Å². The van der Waals surface area contributed by atoms with Gasteiger partial charge in [-0.15, -0.1) is 0 Å². The molecule has 0 aliphatic carbocycles. The van der Waals surface area contributed by atoms with Crippen molar-refractivity contribution in [1.82, 2.24) is 4.72 Å². The van der Waals surface area contributed by atoms with Crippen LogP contribution in [0.1, 0.15) is 30.6 Å². The zero-order valence-electron chi connectivity index (χ0n) is 14.6. The Hall–Kier alpha value is -2.45. The zero-order valence-corrected chi connectivity index (χ0v) is 15.4. The Morgan fingerprint density at radius 1 is 1.15 bits per heavy atom. The Balaban J connectivity index is 2.37. The molecule has 0 bridgehead atoms. The molecule has 0 atom stereocenters. The lowest BCUT2D eigenvalue weighted by Crippen LogP contribution is -2.24. The summed E-state index contributed by atoms with van der Waals surface area (Å²) in [5.41, 5.74) is 0.00629. The first-order chi connectivity index (χ1) is 12.4. The van der Waals surface area contributed by atoms with Crippen molar-refractivity contribution in [3.8, 4) is 5.75 Å². The molecule has 0 fully saturated rings. The fourth-order valence-electron chi connectivity index (χ4n) is 2.21. The van der Waals surface area contributed by atoms with Crippen molar-refractivity contribution in [3.63, 3.8) is 0 Å². The maximum absolute atomic E-state index is 13.8. The predicted octanol–water partition coefficient (Wildman–Crippen LogP) is 3.17. The summed E-state index contributed by atoms with van der Waals surface area (Å²) in [5.74, 6) is -1.07. The molecule has 0 radical (unpaired) electrons. The number of ether oxygens (including phenoxy) is 1. The zero-order chi connectivity index (χ0) is 19.2. The fourth-order valence-corrected chi connectivity index (χ4v) is 3.37. The molecule has 6 nitrogen and oxygen atoms in total. The third-order valence-corrected chi connectivity index (χ3v) is 4.93. The van der Waals surface area contributed by atoms with Gasteiger partial charge in [0.25, 0.3) is 5.91 Å². The monoisotopic (exact) mass is 380 g/mol. The lowest BCUT2D eigenvalue weighted by Gasteiger charge is -2.14. The second kappa shape index (κ2) is 8.77. The highest BCUT2D eigenvalue weighted by molar-refractivity contribution is 7.89. The van der Waals surface area contributed by atoms with Crippen LogP contribution in [0.3, 0.4) is 0 Å². The number of rotatable bonds is 8. The van der Waals surface area contributed by atoms with Crippen LogP contribution >= 0.6 is 0 Å². The van der Waals surface area contributed by atoms with Gasteiger partial charge in [-0.2, -0.15) is 0 Å². The second-order valence-electron chi connectivity index (χ2n) is 5.42. The molecule has 0 spiro atoms. The summed E-state index contributed by atoms with van der Waals surface area (Å²) in [5, 5.41) is 2.52. The van der Waals surface area contributed by atoms with Gasteiger partial charge in [0.1, 0.15) is 11.6 Å². The van der Waals surface area contributed by atoms with Crippen LogP contribution in [0.15, 0.2) is 47.4 Å². The van der Waals surface area contributed by atoms with E-state index in [9.17, 15) is 17.6 Å². The Kier molecular flexibility index (Phi) is 6.70. The molecule has 2 rings (SSSR count). The van der Waals surface area contributed by atoms with Crippen LogP contribution in [-0.2, 0) is 10.0 Å². The summed E-state index contributed by atoms with van der Waals surface area (Å²) in [6.07, 6.45) is 0.646. The molecule has 0 aliphatic rings. The van der Waals surface area contributed by atoms with Crippen LogP contribution in [-0.4, -0.2) is 27.5 Å². The van der Waals surface area contributed by atoms with Gasteiger partial charge in [0.2, 0.25) is 10.0 Å². The van der Waals surface area contributed by atoms with Crippen LogP contribution in [0.2, 0.25) is 0 Å². The third kappa shape index (κ3) is 4.80. The van der Waals surface area contributed by atoms with E-state index >= 15 is 0 Å². The highest BCUT2D eigenvalue weighted by Crippen LogP contribution is 2.28. The standard InChI is InChI=1S/C18H21FN2O4S/c1-3-11-20-26(23,24)13-9-10-17(25-4-2)16(12-13)21-18(22)14-7-5-6-8-15(14)19/h5-10,12,20H,3-4,11H2,1-2H3,(H,21,22). The van der Waals surface area contributed by atoms with E-state index in [1.54, 1.807) is 6.92 Å². The number of carbonyl (C=O) groups is 1. The molecule has 2 N–H and O–H groups in total. The van der Waals surface area contributed by atoms with Gasteiger partial charge in [0, 0.05) is 6.54 Å². The second-order valence-corrected chi connectivity index (χ2v) is 7.19. The number of hydrogen-bond donors (Lipinski definition) is 2. The predicted molar refractivity (Wildman–Crippen MR) is 97.4 cm³/mol. The first kappa shape index (κ1) is 19.9. The van der Waals surface area contributed by atoms with Crippen LogP contribution in [0.5, 0.6) is 5.75 Å². The van der Waals surface area contributed by atoms with Gasteiger partial charge in [0.05, 0.1) is 22.8 Å². The third-order valence-electron chi connectivity index (χ3n) is 3.47. The molecule has 0 saturated carbocycles. The van der Waals surface area contributed by atoms with Crippen molar-refractivity contribution in [2.24, 2.45) is 0 Å². The Labute approximate surface area is 152 Å². The van der Waals surface area contributed by atoms with Crippen LogP contribution in [0.4, 0.5) is 10.1 Å². The number of hydrogen-bond acceptors (Lipinski definition) is 4. The minimum absolute atomic E-state index is 0.0155. The average molecular weight is 380 g/mol. The Morgan fingerprint density at radius 2 is 1.88 bits per heavy atom. The molecule has 1 amide bonds. The van der Waals surface area contributed by atoms with Crippen molar-refractivity contribution in [3.05, 3.63) is 53.8 Å². The molecule has 0 heterocycles. The van der Waals surface area contributed by atoms with E-state index < -0.39 is 21.7 Å². The first-order valence-electron chi connectivity index (χ1n) is 8.21. The summed E-state index contributed by atoms with van der Waals surface area (Å²) < 4.78 is 46.3. The number of anilines is 1. The summed E-state index contributed by atoms with van der Waals surface area (Å²) >= 11 is 0. The number of sulfonamides is 1. The number of carbonyl (C=O) groups excluding carboxylic acids is 1. The number of halogens is 1. The minimum atomic E-state index is -3.72. The Bertz CT molecular complexity index is 885. The van der Waals surface area contributed by atoms with E-state index in [0.29, 0.717) is 25.3 Å². The quantitative estimate of drug-likeness (QED) is 0.737. The maximum Gasteiger partial charge on any atom is 0.258 e. The van der Waals surface area contributed by atoms with E-state index in [4.69, 9.17) is 4.74 Å². The minimum Gasteiger partial charge on any atom is -0.492 e. The average Bonchev–Trinajstić information content (AvgIpc) is 2.62. The van der Waals surface area contributed by atoms with E-state index in [1.165, 1.54) is 42.5 Å². The van der Waals surface area contributed by atoms with E-state index in [2.05, 4.69) is 10.0 Å². The van der Waals surface area contributed by atoms with Gasteiger partial charge in [-0.25, -0.2) is 17.5 Å². The van der Waals surface area contributed by atoms with Crippen molar-refractivity contribution in [1.29, 1.82) is 0 Å². The van der Waals surface area contributed by atoms with Gasteiger partial charge in [-0.3, -0.25) is 4.79 Å². The van der Waals surface area contributed by atoms with Crippen LogP contribution < -0.4 is 14.8 Å². The SMILES string of the molecule is CCCNS(=O)(=O)c1ccc(OCC)c(NC(=O)c2ccccc2F)c1. The molecule has 2 aromatic carbocycles. The molecule has 0 aromatic heterocycles. The highest BCUT2D eigenvalue weighted by Gasteiger charge is 2.18. The first-order valence-corrected chi connectivity index (χ1v) is 9.69. The normalized spacial score (nSPS) is 11.2. The molecule has 0 aliphatic heterocycles. The molecular weight excluding hydrogens is 359 g/mol. The molecular formula is C18H21FN2O4S. The van der Waals surface area contributed by atoms with Crippen molar-refractivity contribution < 1.29 is 22.3 Å². The number of amides is 1. The van der Waals surface area contributed by atoms with Crippen LogP contribution in [0, 0.1) is 5.82 Å². The number of nitrogens with one attached hydrogen (secondary N) is 2. The molecule has 8 heteroatoms. The molecule has 2 aromatic rings. The summed E-state index contributed by atoms with van der Waals surface area (Å²) in [7, 11) is -3.72. The van der Waals surface area contributed by atoms with Gasteiger partial charge >= 0.3 is 0 Å². The van der Waals surface area contributed by atoms with Gasteiger partial charge in [-0.05, 0) is 43.7 Å². The maximum atomic E-state index is 13.8. The van der Waals surface area contributed by atoms with Gasteiger partial charge < -0.3 is 10.1 Å². The van der Waals surface area contributed by atoms with Crippen molar-refractivity contribution in [2.75, 3.05) is 18.5 Å². The van der Waals surface area contributed by atoms with E-state index in [-0.39, 0.29) is 16.1 Å².